The Balaban J connectivity index is 1.61. The van der Waals surface area contributed by atoms with Crippen molar-refractivity contribution in [2.75, 3.05) is 43.6 Å². The van der Waals surface area contributed by atoms with E-state index in [-0.39, 0.29) is 22.3 Å². The molecule has 0 unspecified atom stereocenters. The SMILES string of the molecule is C[SH](C)N1CCN(c2cc3c(cc2Br)C(=O)c2c([nH]c4cc(C#N)ccc24)C3(C)C)CC1. The first-order valence-electron chi connectivity index (χ1n) is 10.8. The summed E-state index contributed by atoms with van der Waals surface area (Å²) >= 11 is 3.71. The molecule has 2 aromatic carbocycles. The minimum absolute atomic E-state index is 0.0463. The molecule has 32 heavy (non-hydrogen) atoms. The van der Waals surface area contributed by atoms with E-state index in [1.807, 2.05) is 18.2 Å². The maximum Gasteiger partial charge on any atom is 0.195 e. The smallest absolute Gasteiger partial charge is 0.195 e. The van der Waals surface area contributed by atoms with Crippen LogP contribution in [0.4, 0.5) is 5.69 Å². The van der Waals surface area contributed by atoms with Crippen LogP contribution in [-0.2, 0) is 5.41 Å². The summed E-state index contributed by atoms with van der Waals surface area (Å²) in [6.07, 6.45) is 4.62. The summed E-state index contributed by atoms with van der Waals surface area (Å²) < 4.78 is 3.54. The fourth-order valence-electron chi connectivity index (χ4n) is 5.09. The van der Waals surface area contributed by atoms with E-state index in [2.05, 4.69) is 68.6 Å². The van der Waals surface area contributed by atoms with Crippen LogP contribution >= 0.6 is 27.0 Å². The second-order valence-corrected chi connectivity index (χ2v) is 12.5. The average molecular weight is 511 g/mol. The number of carbonyl (C=O) groups is 1. The van der Waals surface area contributed by atoms with E-state index >= 15 is 0 Å². The van der Waals surface area contributed by atoms with Gasteiger partial charge in [-0.15, -0.1) is 0 Å². The molecule has 3 aromatic rings. The van der Waals surface area contributed by atoms with Crippen molar-refractivity contribution in [2.45, 2.75) is 19.3 Å². The van der Waals surface area contributed by atoms with Crippen LogP contribution in [0.3, 0.4) is 0 Å². The fraction of sp³-hybridized carbons (Fsp3) is 0.360. The number of rotatable bonds is 2. The predicted octanol–water partition coefficient (Wildman–Crippen LogP) is 4.97. The molecule has 2 heterocycles. The average Bonchev–Trinajstić information content (AvgIpc) is 3.17. The van der Waals surface area contributed by atoms with Crippen LogP contribution in [0.2, 0.25) is 0 Å². The highest BCUT2D eigenvalue weighted by Gasteiger charge is 2.40. The molecule has 1 aliphatic carbocycles. The molecule has 1 aliphatic heterocycles. The molecular formula is C25H27BrN4OS. The van der Waals surface area contributed by atoms with Crippen LogP contribution in [0.15, 0.2) is 34.8 Å². The summed E-state index contributed by atoms with van der Waals surface area (Å²) in [6.45, 7) is 8.46. The number of anilines is 1. The third kappa shape index (κ3) is 3.20. The summed E-state index contributed by atoms with van der Waals surface area (Å²) in [6, 6.07) is 11.9. The molecule has 0 atom stereocenters. The van der Waals surface area contributed by atoms with Crippen molar-refractivity contribution >= 4 is 49.4 Å². The number of ketones is 1. The molecule has 0 bridgehead atoms. The Morgan fingerprint density at radius 3 is 2.50 bits per heavy atom. The predicted molar refractivity (Wildman–Crippen MR) is 137 cm³/mol. The van der Waals surface area contributed by atoms with Crippen molar-refractivity contribution in [3.8, 4) is 6.07 Å². The number of aromatic nitrogens is 1. The normalized spacial score (nSPS) is 18.3. The van der Waals surface area contributed by atoms with Crippen LogP contribution < -0.4 is 4.90 Å². The third-order valence-corrected chi connectivity index (χ3v) is 9.11. The zero-order valence-electron chi connectivity index (χ0n) is 18.8. The molecular weight excluding hydrogens is 484 g/mol. The zero-order valence-corrected chi connectivity index (χ0v) is 21.3. The molecule has 166 valence electrons. The van der Waals surface area contributed by atoms with Crippen molar-refractivity contribution in [3.05, 3.63) is 62.8 Å². The van der Waals surface area contributed by atoms with Crippen LogP contribution in [-0.4, -0.2) is 53.8 Å². The zero-order chi connectivity index (χ0) is 22.8. The van der Waals surface area contributed by atoms with Gasteiger partial charge in [-0.3, -0.25) is 9.10 Å². The summed E-state index contributed by atoms with van der Waals surface area (Å²) in [4.78, 5) is 19.6. The van der Waals surface area contributed by atoms with Gasteiger partial charge in [-0.2, -0.15) is 5.26 Å². The number of H-pyrrole nitrogens is 1. The monoisotopic (exact) mass is 510 g/mol. The van der Waals surface area contributed by atoms with E-state index < -0.39 is 0 Å². The molecule has 5 nitrogen and oxygen atoms in total. The molecule has 0 spiro atoms. The van der Waals surface area contributed by atoms with Gasteiger partial charge in [0.15, 0.2) is 5.78 Å². The number of benzene rings is 2. The lowest BCUT2D eigenvalue weighted by Gasteiger charge is -2.40. The highest BCUT2D eigenvalue weighted by atomic mass is 79.9. The summed E-state index contributed by atoms with van der Waals surface area (Å²) in [5.41, 5.74) is 5.70. The summed E-state index contributed by atoms with van der Waals surface area (Å²) in [7, 11) is 0. The van der Waals surface area contributed by atoms with Crippen molar-refractivity contribution in [1.82, 2.24) is 9.29 Å². The number of thiol groups is 1. The molecule has 0 saturated carbocycles. The van der Waals surface area contributed by atoms with E-state index in [0.29, 0.717) is 5.56 Å². The Morgan fingerprint density at radius 2 is 1.84 bits per heavy atom. The quantitative estimate of drug-likeness (QED) is 0.477. The Kier molecular flexibility index (Phi) is 5.16. The fourth-order valence-corrected chi connectivity index (χ4v) is 6.66. The van der Waals surface area contributed by atoms with E-state index in [0.717, 1.165) is 69.6 Å². The van der Waals surface area contributed by atoms with E-state index in [1.54, 1.807) is 6.07 Å². The van der Waals surface area contributed by atoms with Gasteiger partial charge < -0.3 is 9.88 Å². The van der Waals surface area contributed by atoms with Crippen molar-refractivity contribution in [1.29, 1.82) is 5.26 Å². The number of nitriles is 1. The Labute approximate surface area is 200 Å². The number of hydrogen-bond donors (Lipinski definition) is 2. The summed E-state index contributed by atoms with van der Waals surface area (Å²) in [5.74, 6) is 0.0463. The number of nitrogens with one attached hydrogen (secondary N) is 1. The van der Waals surface area contributed by atoms with Crippen molar-refractivity contribution < 1.29 is 4.79 Å². The van der Waals surface area contributed by atoms with Crippen LogP contribution in [0.25, 0.3) is 10.9 Å². The molecule has 0 amide bonds. The van der Waals surface area contributed by atoms with Gasteiger partial charge in [0.25, 0.3) is 0 Å². The first-order valence-corrected chi connectivity index (χ1v) is 13.8. The van der Waals surface area contributed by atoms with Gasteiger partial charge in [-0.1, -0.05) is 19.9 Å². The molecule has 1 fully saturated rings. The van der Waals surface area contributed by atoms with E-state index in [4.69, 9.17) is 0 Å². The van der Waals surface area contributed by atoms with Crippen LogP contribution in [0, 0.1) is 11.3 Å². The van der Waals surface area contributed by atoms with Gasteiger partial charge in [0, 0.05) is 58.2 Å². The lowest BCUT2D eigenvalue weighted by Crippen LogP contribution is -2.45. The topological polar surface area (TPSA) is 63.1 Å². The largest absolute Gasteiger partial charge is 0.368 e. The van der Waals surface area contributed by atoms with E-state index in [9.17, 15) is 10.1 Å². The lowest BCUT2D eigenvalue weighted by molar-refractivity contribution is 0.103. The van der Waals surface area contributed by atoms with Gasteiger partial charge >= 0.3 is 0 Å². The lowest BCUT2D eigenvalue weighted by atomic mass is 9.71. The molecule has 1 N–H and O–H groups in total. The second kappa shape index (κ2) is 7.65. The van der Waals surface area contributed by atoms with Gasteiger partial charge in [-0.25, -0.2) is 11.1 Å². The molecule has 2 aliphatic rings. The molecule has 0 radical (unpaired) electrons. The van der Waals surface area contributed by atoms with E-state index in [1.165, 1.54) is 0 Å². The number of nitrogens with zero attached hydrogens (tertiary/aromatic N) is 3. The van der Waals surface area contributed by atoms with Gasteiger partial charge in [0.2, 0.25) is 0 Å². The number of carbonyl (C=O) groups excluding carboxylic acids is 1. The van der Waals surface area contributed by atoms with Crippen LogP contribution in [0.5, 0.6) is 0 Å². The second-order valence-electron chi connectivity index (χ2n) is 9.34. The number of hydrogen-bond acceptors (Lipinski definition) is 4. The summed E-state index contributed by atoms with van der Waals surface area (Å²) in [5, 5.41) is 10.2. The van der Waals surface area contributed by atoms with Crippen LogP contribution in [0.1, 0.15) is 46.6 Å². The van der Waals surface area contributed by atoms with Crippen molar-refractivity contribution in [3.63, 3.8) is 0 Å². The maximum atomic E-state index is 13.7. The maximum absolute atomic E-state index is 13.7. The Morgan fingerprint density at radius 1 is 1.12 bits per heavy atom. The Hall–Kier alpha value is -2.27. The van der Waals surface area contributed by atoms with Crippen molar-refractivity contribution in [2.24, 2.45) is 0 Å². The first kappa shape index (κ1) is 21.6. The highest BCUT2D eigenvalue weighted by Crippen LogP contribution is 2.46. The molecule has 1 saturated heterocycles. The molecule has 7 heteroatoms. The number of aromatic amines is 1. The molecule has 1 aromatic heterocycles. The first-order chi connectivity index (χ1) is 15.2. The Bertz CT molecular complexity index is 1300. The standard InChI is InChI=1S/C25H27BrN4OS/c1-25(2)18-13-21(29-7-9-30(10-8-29)32(3)4)19(26)12-17(18)23(31)22-16-6-5-15(14-27)11-20(16)28-24(22)25/h5-6,11-13,28,32H,7-10H2,1-4H3. The minimum atomic E-state index is -0.358. The molecule has 5 rings (SSSR count). The van der Waals surface area contributed by atoms with Gasteiger partial charge in [0.05, 0.1) is 22.9 Å². The minimum Gasteiger partial charge on any atom is -0.368 e. The number of fused-ring (bicyclic) bond motifs is 4. The third-order valence-electron chi connectivity index (χ3n) is 6.95. The van der Waals surface area contributed by atoms with Gasteiger partial charge in [0.1, 0.15) is 0 Å². The number of halogens is 1. The highest BCUT2D eigenvalue weighted by molar-refractivity contribution is 9.10. The van der Waals surface area contributed by atoms with Gasteiger partial charge in [-0.05, 0) is 58.3 Å². The number of piperazine rings is 1.